The smallest absolute Gasteiger partial charge is 0.191 e. The van der Waals surface area contributed by atoms with E-state index in [1.54, 1.807) is 0 Å². The Hall–Kier alpha value is 0.150. The average Bonchev–Trinajstić information content (AvgIpc) is 1.68. The van der Waals surface area contributed by atoms with E-state index < -0.39 is 8.03 Å². The maximum atomic E-state index is 10.4. The quantitative estimate of drug-likeness (QED) is 0.605. The van der Waals surface area contributed by atoms with Crippen LogP contribution in [-0.2, 0) is 9.09 Å². The Morgan fingerprint density at radius 3 is 2.12 bits per heavy atom. The lowest BCUT2D eigenvalue weighted by molar-refractivity contribution is 0.351. The van der Waals surface area contributed by atoms with Gasteiger partial charge in [-0.2, -0.15) is 0 Å². The Morgan fingerprint density at radius 2 is 2.00 bits per heavy atom. The minimum absolute atomic E-state index is 0. The molecule has 1 unspecified atom stereocenters. The third-order valence-corrected chi connectivity index (χ3v) is 1.78. The van der Waals surface area contributed by atoms with Gasteiger partial charge in [-0.1, -0.05) is 6.92 Å². The summed E-state index contributed by atoms with van der Waals surface area (Å²) in [6.45, 7) is 4.28. The first kappa shape index (κ1) is 11.0. The van der Waals surface area contributed by atoms with Gasteiger partial charge >= 0.3 is 0 Å². The van der Waals surface area contributed by atoms with Crippen LogP contribution in [0.15, 0.2) is 0 Å². The normalized spacial score (nSPS) is 12.2. The molecule has 1 atom stereocenters. The zero-order valence-electron chi connectivity index (χ0n) is 5.44. The Balaban J connectivity index is 0. The largest absolute Gasteiger partial charge is 0.344 e. The summed E-state index contributed by atoms with van der Waals surface area (Å²) in [6.07, 6.45) is 0.665. The van der Waals surface area contributed by atoms with Crippen LogP contribution < -0.4 is 6.15 Å². The van der Waals surface area contributed by atoms with Crippen molar-refractivity contribution in [3.8, 4) is 0 Å². The van der Waals surface area contributed by atoms with Crippen molar-refractivity contribution in [1.29, 1.82) is 0 Å². The van der Waals surface area contributed by atoms with Crippen LogP contribution in [0.1, 0.15) is 13.8 Å². The minimum atomic E-state index is -1.63. The molecule has 4 heteroatoms. The first-order valence-electron chi connectivity index (χ1n) is 2.46. The summed E-state index contributed by atoms with van der Waals surface area (Å²) >= 11 is 0. The Labute approximate surface area is 50.9 Å². The molecule has 0 saturated heterocycles. The second-order valence-corrected chi connectivity index (χ2v) is 2.90. The van der Waals surface area contributed by atoms with Gasteiger partial charge in [0.15, 0.2) is 8.03 Å². The minimum Gasteiger partial charge on any atom is -0.344 e. The van der Waals surface area contributed by atoms with E-state index in [1.165, 1.54) is 0 Å². The maximum Gasteiger partial charge on any atom is 0.191 e. The molecule has 0 rings (SSSR count). The summed E-state index contributed by atoms with van der Waals surface area (Å²) < 4.78 is 15.1. The van der Waals surface area contributed by atoms with E-state index in [2.05, 4.69) is 0 Å². The summed E-state index contributed by atoms with van der Waals surface area (Å²) in [5, 5.41) is 0. The van der Waals surface area contributed by atoms with E-state index >= 15 is 0 Å². The molecule has 0 aliphatic rings. The van der Waals surface area contributed by atoms with E-state index in [4.69, 9.17) is 4.52 Å². The highest BCUT2D eigenvalue weighted by Crippen LogP contribution is 2.19. The van der Waals surface area contributed by atoms with E-state index in [0.717, 1.165) is 0 Å². The number of hydrogen-bond donors (Lipinski definition) is 1. The highest BCUT2D eigenvalue weighted by Gasteiger charge is 1.87. The van der Waals surface area contributed by atoms with Crippen LogP contribution in [0.3, 0.4) is 0 Å². The summed E-state index contributed by atoms with van der Waals surface area (Å²) in [4.78, 5) is 0. The van der Waals surface area contributed by atoms with Crippen LogP contribution in [0.2, 0.25) is 0 Å². The lowest BCUT2D eigenvalue weighted by Crippen LogP contribution is -1.76. The van der Waals surface area contributed by atoms with Gasteiger partial charge in [-0.05, 0) is 6.92 Å². The van der Waals surface area contributed by atoms with Crippen LogP contribution in [-0.4, -0.2) is 12.8 Å². The maximum absolute atomic E-state index is 10.4. The molecule has 0 aliphatic heterocycles. The molecule has 0 radical (unpaired) electrons. The predicted octanol–water partition coefficient (Wildman–Crippen LogP) is 1.68. The van der Waals surface area contributed by atoms with Crippen LogP contribution in [0.5, 0.6) is 0 Å². The van der Waals surface area contributed by atoms with Gasteiger partial charge in [0.25, 0.3) is 0 Å². The third kappa shape index (κ3) is 6.15. The van der Waals surface area contributed by atoms with Crippen LogP contribution in [0.25, 0.3) is 0 Å². The fourth-order valence-corrected chi connectivity index (χ4v) is 0.789. The SMILES string of the molecule is CCO[PH](=O)CC.N. The molecule has 0 amide bonds. The number of hydrogen-bond acceptors (Lipinski definition) is 3. The average molecular weight is 139 g/mol. The summed E-state index contributed by atoms with van der Waals surface area (Å²) in [6, 6.07) is 0. The first-order valence-corrected chi connectivity index (χ1v) is 3.99. The molecule has 0 bridgehead atoms. The highest BCUT2D eigenvalue weighted by molar-refractivity contribution is 7.39. The van der Waals surface area contributed by atoms with E-state index in [9.17, 15) is 4.57 Å². The summed E-state index contributed by atoms with van der Waals surface area (Å²) in [5.41, 5.74) is 0. The van der Waals surface area contributed by atoms with Gasteiger partial charge in [0, 0.05) is 6.16 Å². The van der Waals surface area contributed by atoms with Crippen molar-refractivity contribution in [2.45, 2.75) is 13.8 Å². The Morgan fingerprint density at radius 1 is 1.50 bits per heavy atom. The number of rotatable bonds is 3. The zero-order valence-corrected chi connectivity index (χ0v) is 6.44. The van der Waals surface area contributed by atoms with Crippen LogP contribution in [0.4, 0.5) is 0 Å². The highest BCUT2D eigenvalue weighted by atomic mass is 31.1. The molecule has 0 aromatic heterocycles. The topological polar surface area (TPSA) is 61.3 Å². The molecule has 0 aliphatic carbocycles. The zero-order chi connectivity index (χ0) is 5.70. The molecule has 0 fully saturated rings. The molecule has 3 N–H and O–H groups in total. The molecule has 52 valence electrons. The summed E-state index contributed by atoms with van der Waals surface area (Å²) in [7, 11) is -1.63. The van der Waals surface area contributed by atoms with E-state index in [1.807, 2.05) is 13.8 Å². The monoisotopic (exact) mass is 139 g/mol. The first-order chi connectivity index (χ1) is 3.31. The third-order valence-electron chi connectivity index (χ3n) is 0.594. The second kappa shape index (κ2) is 7.15. The molecule has 8 heavy (non-hydrogen) atoms. The van der Waals surface area contributed by atoms with Crippen molar-refractivity contribution in [2.75, 3.05) is 12.8 Å². The lowest BCUT2D eigenvalue weighted by atomic mass is 10.9. The molecule has 0 saturated carbocycles. The van der Waals surface area contributed by atoms with Crippen molar-refractivity contribution in [2.24, 2.45) is 0 Å². The van der Waals surface area contributed by atoms with Gasteiger partial charge in [0.05, 0.1) is 6.61 Å². The van der Waals surface area contributed by atoms with Gasteiger partial charge in [0.2, 0.25) is 0 Å². The Bertz CT molecular complexity index is 67.1. The fourth-order valence-electron chi connectivity index (χ4n) is 0.263. The predicted molar refractivity (Wildman–Crippen MR) is 36.2 cm³/mol. The van der Waals surface area contributed by atoms with Gasteiger partial charge in [0.1, 0.15) is 0 Å². The molecule has 3 nitrogen and oxygen atoms in total. The summed E-state index contributed by atoms with van der Waals surface area (Å²) in [5.74, 6) is 0. The van der Waals surface area contributed by atoms with Crippen molar-refractivity contribution < 1.29 is 9.09 Å². The van der Waals surface area contributed by atoms with Gasteiger partial charge in [-0.3, -0.25) is 4.57 Å². The van der Waals surface area contributed by atoms with Gasteiger partial charge in [-0.15, -0.1) is 0 Å². The molecule has 0 spiro atoms. The van der Waals surface area contributed by atoms with Gasteiger partial charge < -0.3 is 10.7 Å². The molecule has 0 aromatic rings. The fraction of sp³-hybridized carbons (Fsp3) is 1.00. The van der Waals surface area contributed by atoms with Crippen molar-refractivity contribution in [3.63, 3.8) is 0 Å². The second-order valence-electron chi connectivity index (χ2n) is 1.16. The van der Waals surface area contributed by atoms with E-state index in [-0.39, 0.29) is 6.15 Å². The molecular weight excluding hydrogens is 125 g/mol. The molecule has 0 heterocycles. The van der Waals surface area contributed by atoms with E-state index in [0.29, 0.717) is 12.8 Å². The van der Waals surface area contributed by atoms with Crippen LogP contribution in [0, 0.1) is 0 Å². The van der Waals surface area contributed by atoms with Crippen molar-refractivity contribution >= 4 is 8.03 Å². The van der Waals surface area contributed by atoms with Crippen molar-refractivity contribution in [1.82, 2.24) is 6.15 Å². The standard InChI is InChI=1S/C4H11O2P.H3N/c1-3-6-7(5)4-2;/h7H,3-4H2,1-2H3;1H3. The van der Waals surface area contributed by atoms with Gasteiger partial charge in [-0.25, -0.2) is 0 Å². The van der Waals surface area contributed by atoms with Crippen molar-refractivity contribution in [3.05, 3.63) is 0 Å². The lowest BCUT2D eigenvalue weighted by Gasteiger charge is -1.93. The molecular formula is C4H14NO2P. The Kier molecular flexibility index (Phi) is 9.85. The molecule has 0 aromatic carbocycles. The van der Waals surface area contributed by atoms with Crippen LogP contribution >= 0.6 is 8.03 Å².